The molecule has 1 unspecified atom stereocenters. The summed E-state index contributed by atoms with van der Waals surface area (Å²) in [6, 6.07) is 0. The van der Waals surface area contributed by atoms with E-state index in [-0.39, 0.29) is 11.7 Å². The predicted molar refractivity (Wildman–Crippen MR) is 44.4 cm³/mol. The third kappa shape index (κ3) is 3.91. The number of carbonyl (C=O) groups is 2. The molecule has 1 atom stereocenters. The Morgan fingerprint density at radius 2 is 2.00 bits per heavy atom. The summed E-state index contributed by atoms with van der Waals surface area (Å²) in [5, 5.41) is 0. The number of carbonyl (C=O) groups excluding carboxylic acids is 2. The molecular weight excluding hydrogens is 140 g/mol. The van der Waals surface area contributed by atoms with E-state index in [4.69, 9.17) is 0 Å². The summed E-state index contributed by atoms with van der Waals surface area (Å²) in [5.74, 6) is -0.232. The highest BCUT2D eigenvalue weighted by Crippen LogP contribution is 2.07. The first-order valence-electron chi connectivity index (χ1n) is 4.24. The highest BCUT2D eigenvalue weighted by atomic mass is 16.1. The second kappa shape index (κ2) is 6.08. The number of Topliss-reactive ketones (excluding diaryl/α,β-unsaturated/α-hetero) is 1. The smallest absolute Gasteiger partial charge is 0.143 e. The molecule has 0 saturated heterocycles. The SMILES string of the molecule is CCCC(=O)C(C=O)CCC. The van der Waals surface area contributed by atoms with Gasteiger partial charge in [-0.15, -0.1) is 0 Å². The minimum absolute atomic E-state index is 0.101. The minimum Gasteiger partial charge on any atom is -0.303 e. The molecule has 0 rings (SSSR count). The van der Waals surface area contributed by atoms with Gasteiger partial charge >= 0.3 is 0 Å². The minimum atomic E-state index is -0.333. The fourth-order valence-electron chi connectivity index (χ4n) is 1.05. The van der Waals surface area contributed by atoms with Gasteiger partial charge in [-0.25, -0.2) is 0 Å². The van der Waals surface area contributed by atoms with Crippen LogP contribution in [-0.4, -0.2) is 12.1 Å². The van der Waals surface area contributed by atoms with Gasteiger partial charge in [-0.05, 0) is 12.8 Å². The van der Waals surface area contributed by atoms with Gasteiger partial charge in [-0.2, -0.15) is 0 Å². The van der Waals surface area contributed by atoms with Crippen LogP contribution in [0.1, 0.15) is 39.5 Å². The van der Waals surface area contributed by atoms with Crippen LogP contribution in [-0.2, 0) is 9.59 Å². The van der Waals surface area contributed by atoms with Crippen molar-refractivity contribution in [2.45, 2.75) is 39.5 Å². The van der Waals surface area contributed by atoms with Gasteiger partial charge in [-0.1, -0.05) is 20.3 Å². The second-order valence-electron chi connectivity index (χ2n) is 2.75. The van der Waals surface area contributed by atoms with E-state index < -0.39 is 0 Å². The van der Waals surface area contributed by atoms with E-state index in [9.17, 15) is 9.59 Å². The third-order valence-corrected chi connectivity index (χ3v) is 1.67. The first-order valence-corrected chi connectivity index (χ1v) is 4.24. The Morgan fingerprint density at radius 1 is 1.36 bits per heavy atom. The molecule has 0 N–H and O–H groups in total. The fraction of sp³-hybridized carbons (Fsp3) is 0.778. The molecule has 2 nitrogen and oxygen atoms in total. The largest absolute Gasteiger partial charge is 0.303 e. The van der Waals surface area contributed by atoms with Crippen molar-refractivity contribution in [3.05, 3.63) is 0 Å². The lowest BCUT2D eigenvalue weighted by atomic mass is 9.97. The molecule has 0 aliphatic carbocycles. The number of hydrogen-bond acceptors (Lipinski definition) is 2. The molecule has 0 heterocycles. The average molecular weight is 156 g/mol. The Bertz CT molecular complexity index is 130. The van der Waals surface area contributed by atoms with Crippen LogP contribution < -0.4 is 0 Å². The van der Waals surface area contributed by atoms with Crippen LogP contribution >= 0.6 is 0 Å². The highest BCUT2D eigenvalue weighted by molar-refractivity contribution is 5.93. The molecule has 2 heteroatoms. The van der Waals surface area contributed by atoms with Crippen molar-refractivity contribution in [2.75, 3.05) is 0 Å². The second-order valence-corrected chi connectivity index (χ2v) is 2.75. The topological polar surface area (TPSA) is 34.1 Å². The van der Waals surface area contributed by atoms with Gasteiger partial charge in [0, 0.05) is 6.42 Å². The molecular formula is C9H16O2. The van der Waals surface area contributed by atoms with E-state index in [2.05, 4.69) is 0 Å². The van der Waals surface area contributed by atoms with E-state index in [1.807, 2.05) is 13.8 Å². The number of hydrogen-bond donors (Lipinski definition) is 0. The van der Waals surface area contributed by atoms with E-state index in [0.717, 1.165) is 19.1 Å². The lowest BCUT2D eigenvalue weighted by molar-refractivity contribution is -0.127. The highest BCUT2D eigenvalue weighted by Gasteiger charge is 2.14. The molecule has 0 amide bonds. The third-order valence-electron chi connectivity index (χ3n) is 1.67. The average Bonchev–Trinajstić information content (AvgIpc) is 2.00. The van der Waals surface area contributed by atoms with E-state index in [1.165, 1.54) is 0 Å². The maximum atomic E-state index is 11.1. The summed E-state index contributed by atoms with van der Waals surface area (Å²) >= 11 is 0. The van der Waals surface area contributed by atoms with Crippen molar-refractivity contribution < 1.29 is 9.59 Å². The molecule has 0 saturated carbocycles. The van der Waals surface area contributed by atoms with Gasteiger partial charge in [0.05, 0.1) is 5.92 Å². The molecule has 0 aromatic rings. The fourth-order valence-corrected chi connectivity index (χ4v) is 1.05. The lowest BCUT2D eigenvalue weighted by Crippen LogP contribution is -2.14. The van der Waals surface area contributed by atoms with Crippen LogP contribution in [0.3, 0.4) is 0 Å². The van der Waals surface area contributed by atoms with E-state index in [1.54, 1.807) is 0 Å². The zero-order chi connectivity index (χ0) is 8.69. The normalized spacial score (nSPS) is 12.5. The lowest BCUT2D eigenvalue weighted by Gasteiger charge is -2.05. The maximum absolute atomic E-state index is 11.1. The molecule has 0 spiro atoms. The maximum Gasteiger partial charge on any atom is 0.143 e. The molecule has 0 radical (unpaired) electrons. The van der Waals surface area contributed by atoms with Crippen LogP contribution in [0.4, 0.5) is 0 Å². The van der Waals surface area contributed by atoms with Gasteiger partial charge in [0.15, 0.2) is 0 Å². The summed E-state index contributed by atoms with van der Waals surface area (Å²) in [7, 11) is 0. The molecule has 0 bridgehead atoms. The Kier molecular flexibility index (Phi) is 5.71. The summed E-state index contributed by atoms with van der Waals surface area (Å²) in [6.07, 6.45) is 3.78. The molecule has 0 aliphatic heterocycles. The summed E-state index contributed by atoms with van der Waals surface area (Å²) in [5.41, 5.74) is 0. The number of aldehydes is 1. The zero-order valence-corrected chi connectivity index (χ0v) is 7.30. The van der Waals surface area contributed by atoms with Crippen molar-refractivity contribution in [3.8, 4) is 0 Å². The van der Waals surface area contributed by atoms with Gasteiger partial charge in [0.2, 0.25) is 0 Å². The molecule has 0 aliphatic rings. The quantitative estimate of drug-likeness (QED) is 0.435. The van der Waals surface area contributed by atoms with Crippen molar-refractivity contribution in [1.29, 1.82) is 0 Å². The Morgan fingerprint density at radius 3 is 2.36 bits per heavy atom. The van der Waals surface area contributed by atoms with Crippen LogP contribution in [0.5, 0.6) is 0 Å². The Hall–Kier alpha value is -0.660. The Balaban J connectivity index is 3.81. The first-order chi connectivity index (χ1) is 5.26. The van der Waals surface area contributed by atoms with Crippen molar-refractivity contribution in [3.63, 3.8) is 0 Å². The summed E-state index contributed by atoms with van der Waals surface area (Å²) in [6.45, 7) is 3.93. The van der Waals surface area contributed by atoms with Gasteiger partial charge in [0.25, 0.3) is 0 Å². The summed E-state index contributed by atoms with van der Waals surface area (Å²) in [4.78, 5) is 21.5. The van der Waals surface area contributed by atoms with Crippen LogP contribution in [0.25, 0.3) is 0 Å². The van der Waals surface area contributed by atoms with Gasteiger partial charge in [-0.3, -0.25) is 4.79 Å². The predicted octanol–water partition coefficient (Wildman–Crippen LogP) is 1.97. The Labute approximate surface area is 68.0 Å². The van der Waals surface area contributed by atoms with E-state index >= 15 is 0 Å². The number of ketones is 1. The van der Waals surface area contributed by atoms with Crippen molar-refractivity contribution in [1.82, 2.24) is 0 Å². The van der Waals surface area contributed by atoms with Gasteiger partial charge < -0.3 is 4.79 Å². The van der Waals surface area contributed by atoms with Crippen molar-refractivity contribution in [2.24, 2.45) is 5.92 Å². The van der Waals surface area contributed by atoms with Crippen LogP contribution in [0, 0.1) is 5.92 Å². The van der Waals surface area contributed by atoms with E-state index in [0.29, 0.717) is 12.8 Å². The zero-order valence-electron chi connectivity index (χ0n) is 7.30. The van der Waals surface area contributed by atoms with Crippen molar-refractivity contribution >= 4 is 12.1 Å². The molecule has 64 valence electrons. The molecule has 0 aromatic carbocycles. The molecule has 11 heavy (non-hydrogen) atoms. The standard InChI is InChI=1S/C9H16O2/c1-3-5-8(7-10)9(11)6-4-2/h7-8H,3-6H2,1-2H3. The van der Waals surface area contributed by atoms with Crippen LogP contribution in [0.2, 0.25) is 0 Å². The molecule has 0 fully saturated rings. The number of rotatable bonds is 6. The first kappa shape index (κ1) is 10.3. The van der Waals surface area contributed by atoms with Crippen LogP contribution in [0.15, 0.2) is 0 Å². The van der Waals surface area contributed by atoms with Gasteiger partial charge in [0.1, 0.15) is 12.1 Å². The summed E-state index contributed by atoms with van der Waals surface area (Å²) < 4.78 is 0. The monoisotopic (exact) mass is 156 g/mol. The molecule has 0 aromatic heterocycles.